The van der Waals surface area contributed by atoms with Gasteiger partial charge in [0.1, 0.15) is 27.3 Å². The highest BCUT2D eigenvalue weighted by Gasteiger charge is 2.65. The van der Waals surface area contributed by atoms with Gasteiger partial charge in [-0.05, 0) is 60.1 Å². The van der Waals surface area contributed by atoms with E-state index in [1.807, 2.05) is 6.07 Å². The van der Waals surface area contributed by atoms with Gasteiger partial charge in [0, 0.05) is 30.8 Å². The lowest BCUT2D eigenvalue weighted by molar-refractivity contribution is 0.242. The minimum absolute atomic E-state index is 0.0178. The van der Waals surface area contributed by atoms with Crippen LogP contribution in [0.1, 0.15) is 49.6 Å². The molecule has 0 radical (unpaired) electrons. The molecule has 3 heterocycles. The number of rotatable bonds is 7. The fourth-order valence-corrected chi connectivity index (χ4v) is 6.95. The number of halogens is 2. The van der Waals surface area contributed by atoms with Crippen LogP contribution in [-0.4, -0.2) is 52.1 Å². The normalized spacial score (nSPS) is 20.9. The molecule has 6 rings (SSSR count). The van der Waals surface area contributed by atoms with E-state index < -0.39 is 26.9 Å². The zero-order chi connectivity index (χ0) is 28.3. The van der Waals surface area contributed by atoms with Crippen LogP contribution in [0.3, 0.4) is 0 Å². The number of anilines is 1. The number of nitrogens with one attached hydrogen (secondary N) is 1. The van der Waals surface area contributed by atoms with E-state index in [1.165, 1.54) is 24.5 Å². The van der Waals surface area contributed by atoms with Gasteiger partial charge in [0.2, 0.25) is 0 Å². The SMILES string of the molecule is CC1(C)[C@H]2CC[C@]1(c1cncc(-c3ccc(NCCS(C)(=O)=O)nc3)n1)c1nnc(-c3c(F)cccc3F)cc12. The third kappa shape index (κ3) is 4.14. The first-order chi connectivity index (χ1) is 19.0. The fourth-order valence-electron chi connectivity index (χ4n) is 6.48. The summed E-state index contributed by atoms with van der Waals surface area (Å²) in [6, 6.07) is 9.20. The molecule has 0 saturated heterocycles. The van der Waals surface area contributed by atoms with Crippen LogP contribution < -0.4 is 5.32 Å². The number of pyridine rings is 1. The molecule has 1 fully saturated rings. The van der Waals surface area contributed by atoms with Gasteiger partial charge >= 0.3 is 0 Å². The van der Waals surface area contributed by atoms with Gasteiger partial charge in [0.15, 0.2) is 0 Å². The Morgan fingerprint density at radius 2 is 1.80 bits per heavy atom. The molecule has 0 spiro atoms. The molecule has 2 aliphatic carbocycles. The van der Waals surface area contributed by atoms with E-state index in [0.717, 1.165) is 35.4 Å². The van der Waals surface area contributed by atoms with Gasteiger partial charge in [-0.25, -0.2) is 27.2 Å². The first-order valence-corrected chi connectivity index (χ1v) is 15.1. The third-order valence-corrected chi connectivity index (χ3v) is 9.46. The Balaban J connectivity index is 1.35. The summed E-state index contributed by atoms with van der Waals surface area (Å²) in [4.78, 5) is 14.0. The van der Waals surface area contributed by atoms with Gasteiger partial charge in [0.05, 0.1) is 45.7 Å². The van der Waals surface area contributed by atoms with Gasteiger partial charge in [-0.1, -0.05) is 19.9 Å². The van der Waals surface area contributed by atoms with E-state index >= 15 is 0 Å². The van der Waals surface area contributed by atoms with Crippen molar-refractivity contribution in [1.82, 2.24) is 25.1 Å². The second kappa shape index (κ2) is 9.36. The minimum Gasteiger partial charge on any atom is -0.369 e. The van der Waals surface area contributed by atoms with Crippen molar-refractivity contribution >= 4 is 15.7 Å². The average molecular weight is 563 g/mol. The molecule has 2 atom stereocenters. The minimum atomic E-state index is -3.07. The Morgan fingerprint density at radius 3 is 2.50 bits per heavy atom. The molecular formula is C29H28F2N6O2S. The predicted molar refractivity (Wildman–Crippen MR) is 147 cm³/mol. The highest BCUT2D eigenvalue weighted by molar-refractivity contribution is 7.90. The van der Waals surface area contributed by atoms with Crippen LogP contribution in [0.5, 0.6) is 0 Å². The zero-order valence-electron chi connectivity index (χ0n) is 22.3. The quantitative estimate of drug-likeness (QED) is 0.338. The molecule has 1 saturated carbocycles. The maximum absolute atomic E-state index is 14.5. The predicted octanol–water partition coefficient (Wildman–Crippen LogP) is 4.93. The largest absolute Gasteiger partial charge is 0.369 e. The number of nitrogens with zero attached hydrogens (tertiary/aromatic N) is 5. The lowest BCUT2D eigenvalue weighted by Gasteiger charge is -2.37. The second-order valence-electron chi connectivity index (χ2n) is 11.1. The number of fused-ring (bicyclic) bond motifs is 5. The first-order valence-electron chi connectivity index (χ1n) is 13.0. The molecule has 1 aromatic carbocycles. The summed E-state index contributed by atoms with van der Waals surface area (Å²) in [5.74, 6) is -0.637. The van der Waals surface area contributed by atoms with Gasteiger partial charge in [-0.2, -0.15) is 5.10 Å². The third-order valence-electron chi connectivity index (χ3n) is 8.51. The Bertz CT molecular complexity index is 1710. The summed E-state index contributed by atoms with van der Waals surface area (Å²) >= 11 is 0. The van der Waals surface area contributed by atoms with Crippen molar-refractivity contribution in [2.24, 2.45) is 5.41 Å². The zero-order valence-corrected chi connectivity index (χ0v) is 23.1. The summed E-state index contributed by atoms with van der Waals surface area (Å²) in [6.45, 7) is 4.64. The molecule has 206 valence electrons. The number of sulfone groups is 1. The Labute approximate surface area is 231 Å². The molecule has 8 nitrogen and oxygen atoms in total. The molecule has 40 heavy (non-hydrogen) atoms. The number of benzene rings is 1. The van der Waals surface area contributed by atoms with Crippen molar-refractivity contribution < 1.29 is 17.2 Å². The first kappa shape index (κ1) is 26.4. The number of hydrogen-bond donors (Lipinski definition) is 1. The summed E-state index contributed by atoms with van der Waals surface area (Å²) in [5.41, 5.74) is 3.08. The molecule has 1 N–H and O–H groups in total. The maximum Gasteiger partial charge on any atom is 0.149 e. The van der Waals surface area contributed by atoms with E-state index in [9.17, 15) is 17.2 Å². The molecule has 4 aromatic rings. The molecule has 2 bridgehead atoms. The molecule has 11 heteroatoms. The summed E-state index contributed by atoms with van der Waals surface area (Å²) < 4.78 is 51.8. The lowest BCUT2D eigenvalue weighted by Crippen LogP contribution is -2.38. The van der Waals surface area contributed by atoms with Crippen molar-refractivity contribution in [2.45, 2.75) is 38.0 Å². The summed E-state index contributed by atoms with van der Waals surface area (Å²) in [7, 11) is -3.07. The van der Waals surface area contributed by atoms with E-state index in [4.69, 9.17) is 4.98 Å². The van der Waals surface area contributed by atoms with Crippen LogP contribution in [-0.2, 0) is 15.3 Å². The fraction of sp³-hybridized carbons (Fsp3) is 0.345. The van der Waals surface area contributed by atoms with Crippen LogP contribution in [0.2, 0.25) is 0 Å². The van der Waals surface area contributed by atoms with Gasteiger partial charge < -0.3 is 5.32 Å². The average Bonchev–Trinajstić information content (AvgIpc) is 3.29. The summed E-state index contributed by atoms with van der Waals surface area (Å²) in [5, 5.41) is 11.9. The van der Waals surface area contributed by atoms with Crippen molar-refractivity contribution in [1.29, 1.82) is 0 Å². The van der Waals surface area contributed by atoms with Crippen molar-refractivity contribution in [2.75, 3.05) is 23.9 Å². The van der Waals surface area contributed by atoms with Crippen molar-refractivity contribution in [3.05, 3.63) is 83.6 Å². The Hall–Kier alpha value is -3.86. The van der Waals surface area contributed by atoms with Crippen LogP contribution in [0.15, 0.2) is 55.0 Å². The van der Waals surface area contributed by atoms with Crippen LogP contribution in [0, 0.1) is 17.0 Å². The molecule has 0 amide bonds. The van der Waals surface area contributed by atoms with E-state index in [0.29, 0.717) is 11.5 Å². The summed E-state index contributed by atoms with van der Waals surface area (Å²) in [6.07, 6.45) is 8.00. The smallest absolute Gasteiger partial charge is 0.149 e. The van der Waals surface area contributed by atoms with Crippen LogP contribution in [0.4, 0.5) is 14.6 Å². The molecule has 3 aromatic heterocycles. The lowest BCUT2D eigenvalue weighted by atomic mass is 9.66. The Kier molecular flexibility index (Phi) is 6.17. The standard InChI is InChI=1S/C29H28F2N6O2S/c1-28(2)19-9-10-29(28,27-18(19)13-22(36-37-27)26-20(30)5-4-6-21(26)31)24-16-32-15-23(35-24)17-7-8-25(34-14-17)33-11-12-40(3,38)39/h4-8,13-16,19H,9-12H2,1-3H3,(H,33,34)/t19-,29-/m0/s1. The van der Waals surface area contributed by atoms with Crippen LogP contribution >= 0.6 is 0 Å². The molecular weight excluding hydrogens is 534 g/mol. The Morgan fingerprint density at radius 1 is 1.02 bits per heavy atom. The highest BCUT2D eigenvalue weighted by atomic mass is 32.2. The highest BCUT2D eigenvalue weighted by Crippen LogP contribution is 2.69. The second-order valence-corrected chi connectivity index (χ2v) is 13.4. The van der Waals surface area contributed by atoms with E-state index in [1.54, 1.807) is 30.7 Å². The van der Waals surface area contributed by atoms with Crippen molar-refractivity contribution in [3.63, 3.8) is 0 Å². The van der Waals surface area contributed by atoms with Crippen molar-refractivity contribution in [3.8, 4) is 22.5 Å². The number of hydrogen-bond acceptors (Lipinski definition) is 8. The molecule has 0 aliphatic heterocycles. The van der Waals surface area contributed by atoms with Gasteiger partial charge in [-0.3, -0.25) is 4.98 Å². The van der Waals surface area contributed by atoms with Crippen LogP contribution in [0.25, 0.3) is 22.5 Å². The molecule has 2 aliphatic rings. The topological polar surface area (TPSA) is 111 Å². The van der Waals surface area contributed by atoms with Gasteiger partial charge in [-0.15, -0.1) is 5.10 Å². The van der Waals surface area contributed by atoms with E-state index in [-0.39, 0.29) is 34.9 Å². The maximum atomic E-state index is 14.5. The molecule has 0 unspecified atom stereocenters. The monoisotopic (exact) mass is 562 g/mol. The number of aromatic nitrogens is 5. The van der Waals surface area contributed by atoms with Gasteiger partial charge in [0.25, 0.3) is 0 Å². The van der Waals surface area contributed by atoms with E-state index in [2.05, 4.69) is 39.3 Å².